The standard InChI is InChI=1S/C22H23F2NO2S/c23-22(24,28-17-11-5-2-6-12-17)21(27)19-14-8-7-13-18(19)20(26)25(21)15-16-9-3-1-4-10-16/h1-6,9-12,18-19,27H,7-8,13-15H2. The Morgan fingerprint density at radius 1 is 1.04 bits per heavy atom. The molecule has 2 aromatic carbocycles. The van der Waals surface area contributed by atoms with Gasteiger partial charge in [0.05, 0.1) is 0 Å². The largest absolute Gasteiger partial charge is 0.365 e. The molecule has 1 aliphatic heterocycles. The van der Waals surface area contributed by atoms with Crippen molar-refractivity contribution in [2.45, 2.75) is 48.1 Å². The van der Waals surface area contributed by atoms with Crippen LogP contribution in [0.15, 0.2) is 65.6 Å². The molecule has 0 bridgehead atoms. The van der Waals surface area contributed by atoms with Crippen molar-refractivity contribution in [1.82, 2.24) is 4.90 Å². The number of carbonyl (C=O) groups is 1. The van der Waals surface area contributed by atoms with Crippen molar-refractivity contribution in [2.24, 2.45) is 11.8 Å². The average molecular weight is 403 g/mol. The van der Waals surface area contributed by atoms with Crippen LogP contribution in [0.3, 0.4) is 0 Å². The summed E-state index contributed by atoms with van der Waals surface area (Å²) in [7, 11) is 0. The fraction of sp³-hybridized carbons (Fsp3) is 0.409. The first-order valence-corrected chi connectivity index (χ1v) is 10.4. The van der Waals surface area contributed by atoms with E-state index in [4.69, 9.17) is 0 Å². The molecule has 3 unspecified atom stereocenters. The van der Waals surface area contributed by atoms with Crippen LogP contribution < -0.4 is 0 Å². The normalized spacial score (nSPS) is 27.7. The maximum atomic E-state index is 15.6. The molecule has 6 heteroatoms. The zero-order valence-electron chi connectivity index (χ0n) is 15.4. The third-order valence-electron chi connectivity index (χ3n) is 5.88. The third kappa shape index (κ3) is 3.22. The van der Waals surface area contributed by atoms with Gasteiger partial charge in [0, 0.05) is 23.3 Å². The highest BCUT2D eigenvalue weighted by Crippen LogP contribution is 2.57. The number of rotatable bonds is 5. The fourth-order valence-corrected chi connectivity index (χ4v) is 5.53. The Labute approximate surface area is 167 Å². The topological polar surface area (TPSA) is 40.5 Å². The number of hydrogen-bond donors (Lipinski definition) is 1. The van der Waals surface area contributed by atoms with Gasteiger partial charge in [0.1, 0.15) is 0 Å². The van der Waals surface area contributed by atoms with Crippen LogP contribution in [-0.4, -0.2) is 26.9 Å². The number of alkyl halides is 2. The van der Waals surface area contributed by atoms with E-state index >= 15 is 8.78 Å². The molecule has 3 atom stereocenters. The highest BCUT2D eigenvalue weighted by molar-refractivity contribution is 8.00. The van der Waals surface area contributed by atoms with Crippen molar-refractivity contribution >= 4 is 17.7 Å². The highest BCUT2D eigenvalue weighted by atomic mass is 32.2. The van der Waals surface area contributed by atoms with Crippen LogP contribution in [0.2, 0.25) is 0 Å². The summed E-state index contributed by atoms with van der Waals surface area (Å²) in [5.41, 5.74) is -1.78. The number of hydrogen-bond acceptors (Lipinski definition) is 3. The molecule has 1 aliphatic carbocycles. The molecule has 28 heavy (non-hydrogen) atoms. The van der Waals surface area contributed by atoms with E-state index in [2.05, 4.69) is 0 Å². The van der Waals surface area contributed by atoms with Gasteiger partial charge in [-0.05, 0) is 42.3 Å². The molecule has 1 saturated carbocycles. The van der Waals surface area contributed by atoms with Gasteiger partial charge in [-0.1, -0.05) is 61.4 Å². The van der Waals surface area contributed by atoms with E-state index in [-0.39, 0.29) is 12.5 Å². The van der Waals surface area contributed by atoms with Crippen LogP contribution in [0.1, 0.15) is 31.2 Å². The van der Waals surface area contributed by atoms with E-state index in [9.17, 15) is 9.90 Å². The molecular formula is C22H23F2NO2S. The lowest BCUT2D eigenvalue weighted by Gasteiger charge is -2.43. The van der Waals surface area contributed by atoms with Gasteiger partial charge in [0.25, 0.3) is 0 Å². The van der Waals surface area contributed by atoms with Crippen molar-refractivity contribution in [3.63, 3.8) is 0 Å². The van der Waals surface area contributed by atoms with E-state index in [0.717, 1.165) is 23.3 Å². The van der Waals surface area contributed by atoms with Crippen LogP contribution in [0.25, 0.3) is 0 Å². The molecule has 2 fully saturated rings. The summed E-state index contributed by atoms with van der Waals surface area (Å²) in [6.07, 6.45) is 2.58. The molecule has 0 spiro atoms. The Balaban J connectivity index is 1.73. The minimum Gasteiger partial charge on any atom is -0.365 e. The van der Waals surface area contributed by atoms with Crippen LogP contribution >= 0.6 is 11.8 Å². The van der Waals surface area contributed by atoms with Gasteiger partial charge in [-0.2, -0.15) is 8.78 Å². The number of benzene rings is 2. The van der Waals surface area contributed by atoms with E-state index in [0.29, 0.717) is 29.5 Å². The van der Waals surface area contributed by atoms with Crippen LogP contribution in [0.5, 0.6) is 0 Å². The number of likely N-dealkylation sites (tertiary alicyclic amines) is 1. The van der Waals surface area contributed by atoms with Crippen molar-refractivity contribution < 1.29 is 18.7 Å². The van der Waals surface area contributed by atoms with Crippen LogP contribution in [-0.2, 0) is 11.3 Å². The molecule has 1 N–H and O–H groups in total. The van der Waals surface area contributed by atoms with E-state index in [1.165, 1.54) is 0 Å². The summed E-state index contributed by atoms with van der Waals surface area (Å²) >= 11 is 0.337. The number of nitrogens with zero attached hydrogens (tertiary/aromatic N) is 1. The molecule has 4 rings (SSSR count). The zero-order valence-corrected chi connectivity index (χ0v) is 16.2. The van der Waals surface area contributed by atoms with Crippen LogP contribution in [0, 0.1) is 11.8 Å². The lowest BCUT2D eigenvalue weighted by molar-refractivity contribution is -0.223. The number of aliphatic hydroxyl groups is 1. The lowest BCUT2D eigenvalue weighted by atomic mass is 9.76. The van der Waals surface area contributed by atoms with Gasteiger partial charge in [-0.15, -0.1) is 0 Å². The Bertz CT molecular complexity index is 833. The molecule has 0 radical (unpaired) electrons. The summed E-state index contributed by atoms with van der Waals surface area (Å²) in [5, 5.41) is 7.97. The second-order valence-electron chi connectivity index (χ2n) is 7.57. The van der Waals surface area contributed by atoms with Gasteiger partial charge in [-0.3, -0.25) is 4.79 Å². The zero-order chi connectivity index (χ0) is 19.8. The van der Waals surface area contributed by atoms with Crippen molar-refractivity contribution in [2.75, 3.05) is 0 Å². The lowest BCUT2D eigenvalue weighted by Crippen LogP contribution is -2.60. The second-order valence-corrected chi connectivity index (χ2v) is 8.75. The van der Waals surface area contributed by atoms with E-state index in [1.807, 2.05) is 6.07 Å². The minimum atomic E-state index is -3.53. The average Bonchev–Trinajstić information content (AvgIpc) is 2.93. The highest BCUT2D eigenvalue weighted by Gasteiger charge is 2.70. The number of halogens is 2. The summed E-state index contributed by atoms with van der Waals surface area (Å²) in [6, 6.07) is 17.3. The molecule has 2 aromatic rings. The number of carbonyl (C=O) groups excluding carboxylic acids is 1. The van der Waals surface area contributed by atoms with Crippen molar-refractivity contribution in [3.05, 3.63) is 66.2 Å². The molecule has 2 aliphatic rings. The maximum Gasteiger partial charge on any atom is 0.345 e. The predicted molar refractivity (Wildman–Crippen MR) is 105 cm³/mol. The first kappa shape index (κ1) is 19.4. The molecule has 1 saturated heterocycles. The van der Waals surface area contributed by atoms with Gasteiger partial charge >= 0.3 is 5.25 Å². The molecule has 148 valence electrons. The minimum absolute atomic E-state index is 0.0197. The maximum absolute atomic E-state index is 15.6. The van der Waals surface area contributed by atoms with E-state index < -0.39 is 22.8 Å². The third-order valence-corrected chi connectivity index (χ3v) is 6.94. The molecule has 1 amide bonds. The monoisotopic (exact) mass is 403 g/mol. The smallest absolute Gasteiger partial charge is 0.345 e. The molecular weight excluding hydrogens is 380 g/mol. The Morgan fingerprint density at radius 3 is 2.32 bits per heavy atom. The Morgan fingerprint density at radius 2 is 1.64 bits per heavy atom. The summed E-state index contributed by atoms with van der Waals surface area (Å²) in [4.78, 5) is 14.5. The van der Waals surface area contributed by atoms with Crippen molar-refractivity contribution in [3.8, 4) is 0 Å². The van der Waals surface area contributed by atoms with Gasteiger partial charge < -0.3 is 10.0 Å². The predicted octanol–water partition coefficient (Wildman–Crippen LogP) is 4.91. The molecule has 1 heterocycles. The van der Waals surface area contributed by atoms with Gasteiger partial charge in [0.15, 0.2) is 0 Å². The molecule has 0 aromatic heterocycles. The SMILES string of the molecule is O=C1C2CCCCC2C(O)(C(F)(F)Sc2ccccc2)N1Cc1ccccc1. The van der Waals surface area contributed by atoms with Gasteiger partial charge in [0.2, 0.25) is 11.6 Å². The Hall–Kier alpha value is -1.92. The number of thioether (sulfide) groups is 1. The first-order valence-electron chi connectivity index (χ1n) is 9.63. The fourth-order valence-electron chi connectivity index (χ4n) is 4.53. The van der Waals surface area contributed by atoms with Gasteiger partial charge in [-0.25, -0.2) is 0 Å². The van der Waals surface area contributed by atoms with E-state index in [1.54, 1.807) is 54.6 Å². The quantitative estimate of drug-likeness (QED) is 0.722. The summed E-state index contributed by atoms with van der Waals surface area (Å²) < 4.78 is 31.2. The molecule has 3 nitrogen and oxygen atoms in total. The number of fused-ring (bicyclic) bond motifs is 1. The Kier molecular flexibility index (Phi) is 5.19. The van der Waals surface area contributed by atoms with Crippen molar-refractivity contribution in [1.29, 1.82) is 0 Å². The number of amides is 1. The summed E-state index contributed by atoms with van der Waals surface area (Å²) in [5.74, 6) is -1.65. The van der Waals surface area contributed by atoms with Crippen LogP contribution in [0.4, 0.5) is 8.78 Å². The first-order chi connectivity index (χ1) is 13.4. The second kappa shape index (κ2) is 7.48. The summed E-state index contributed by atoms with van der Waals surface area (Å²) in [6.45, 7) is -0.0197.